The van der Waals surface area contributed by atoms with E-state index in [-0.39, 0.29) is 12.6 Å². The Kier molecular flexibility index (Phi) is 3.62. The second kappa shape index (κ2) is 5.41. The average molecular weight is 291 g/mol. The van der Waals surface area contributed by atoms with Crippen molar-refractivity contribution in [1.29, 1.82) is 0 Å². The smallest absolute Gasteiger partial charge is 0.223 e. The molecular weight excluding hydrogens is 274 g/mol. The summed E-state index contributed by atoms with van der Waals surface area (Å²) in [7, 11) is 0. The summed E-state index contributed by atoms with van der Waals surface area (Å²) in [5, 5.41) is 9.92. The molecule has 1 fully saturated rings. The first-order valence-electron chi connectivity index (χ1n) is 6.67. The maximum absolute atomic E-state index is 9.09. The van der Waals surface area contributed by atoms with E-state index in [0.717, 1.165) is 34.8 Å². The highest BCUT2D eigenvalue weighted by molar-refractivity contribution is 7.99. The van der Waals surface area contributed by atoms with Crippen LogP contribution in [0, 0.1) is 5.92 Å². The number of aliphatic hydroxyl groups is 1. The van der Waals surface area contributed by atoms with E-state index in [4.69, 9.17) is 10.8 Å². The molecule has 1 unspecified atom stereocenters. The monoisotopic (exact) mass is 291 g/mol. The van der Waals surface area contributed by atoms with Gasteiger partial charge in [0, 0.05) is 18.7 Å². The lowest BCUT2D eigenvalue weighted by Gasteiger charge is -2.02. The molecule has 0 aromatic carbocycles. The standard InChI is InChI=1S/C13H17N5OS/c1-2-3-20-12-10-11(16-13(14)17-12)18(7-15-10)5-8-4-9(8)6-19/h5,7,9,19H,2-4,6H2,1H3,(H2,14,16,17)/b8-5-. The van der Waals surface area contributed by atoms with Crippen LogP contribution < -0.4 is 5.73 Å². The fourth-order valence-corrected chi connectivity index (χ4v) is 2.88. The van der Waals surface area contributed by atoms with Crippen LogP contribution in [0.2, 0.25) is 0 Å². The van der Waals surface area contributed by atoms with E-state index in [2.05, 4.69) is 21.9 Å². The number of rotatable bonds is 5. The third-order valence-corrected chi connectivity index (χ3v) is 4.39. The van der Waals surface area contributed by atoms with E-state index in [0.29, 0.717) is 5.92 Å². The minimum Gasteiger partial charge on any atom is -0.396 e. The molecule has 3 N–H and O–H groups in total. The van der Waals surface area contributed by atoms with E-state index in [1.165, 1.54) is 5.57 Å². The number of imidazole rings is 1. The van der Waals surface area contributed by atoms with Crippen molar-refractivity contribution in [3.8, 4) is 0 Å². The Balaban J connectivity index is 1.99. The molecule has 1 aliphatic carbocycles. The van der Waals surface area contributed by atoms with Gasteiger partial charge in [-0.05, 0) is 24.2 Å². The lowest BCUT2D eigenvalue weighted by atomic mass is 10.4. The summed E-state index contributed by atoms with van der Waals surface area (Å²) < 4.78 is 1.87. The minimum absolute atomic E-state index is 0.202. The van der Waals surface area contributed by atoms with Crippen LogP contribution in [0.1, 0.15) is 19.8 Å². The SMILES string of the molecule is CCCSc1nc(N)nc2c1ncn2/C=C1/CC1CO. The zero-order valence-electron chi connectivity index (χ0n) is 11.3. The van der Waals surface area contributed by atoms with Crippen molar-refractivity contribution in [2.75, 3.05) is 18.1 Å². The third-order valence-electron chi connectivity index (χ3n) is 3.22. The van der Waals surface area contributed by atoms with Crippen LogP contribution in [0.4, 0.5) is 5.95 Å². The van der Waals surface area contributed by atoms with Gasteiger partial charge in [0.05, 0.1) is 0 Å². The molecule has 2 aromatic heterocycles. The summed E-state index contributed by atoms with van der Waals surface area (Å²) in [6.07, 6.45) is 5.72. The Morgan fingerprint density at radius 1 is 1.55 bits per heavy atom. The number of thioether (sulfide) groups is 1. The van der Waals surface area contributed by atoms with Gasteiger partial charge >= 0.3 is 0 Å². The van der Waals surface area contributed by atoms with Crippen LogP contribution >= 0.6 is 11.8 Å². The van der Waals surface area contributed by atoms with Crippen molar-refractivity contribution >= 4 is 35.1 Å². The fraction of sp³-hybridized carbons (Fsp3) is 0.462. The summed E-state index contributed by atoms with van der Waals surface area (Å²) in [4.78, 5) is 13.0. The Hall–Kier alpha value is -1.60. The van der Waals surface area contributed by atoms with Gasteiger partial charge in [0.2, 0.25) is 5.95 Å². The highest BCUT2D eigenvalue weighted by Crippen LogP contribution is 2.38. The molecule has 2 aromatic rings. The van der Waals surface area contributed by atoms with Crippen LogP contribution in [0.25, 0.3) is 17.4 Å². The number of nitrogens with two attached hydrogens (primary N) is 1. The van der Waals surface area contributed by atoms with Crippen LogP contribution in [0.15, 0.2) is 16.9 Å². The van der Waals surface area contributed by atoms with Crippen molar-refractivity contribution in [1.82, 2.24) is 19.5 Å². The van der Waals surface area contributed by atoms with Gasteiger partial charge in [-0.2, -0.15) is 4.98 Å². The number of aliphatic hydroxyl groups excluding tert-OH is 1. The molecule has 6 nitrogen and oxygen atoms in total. The third kappa shape index (κ3) is 2.51. The zero-order valence-corrected chi connectivity index (χ0v) is 12.1. The van der Waals surface area contributed by atoms with Gasteiger partial charge < -0.3 is 10.8 Å². The van der Waals surface area contributed by atoms with Gasteiger partial charge in [-0.15, -0.1) is 11.8 Å². The molecule has 7 heteroatoms. The topological polar surface area (TPSA) is 89.9 Å². The number of nitrogens with zero attached hydrogens (tertiary/aromatic N) is 4. The molecule has 0 aliphatic heterocycles. The molecule has 3 rings (SSSR count). The Morgan fingerprint density at radius 2 is 2.40 bits per heavy atom. The van der Waals surface area contributed by atoms with E-state index < -0.39 is 0 Å². The highest BCUT2D eigenvalue weighted by Gasteiger charge is 2.29. The van der Waals surface area contributed by atoms with E-state index in [1.54, 1.807) is 18.1 Å². The van der Waals surface area contributed by atoms with Crippen LogP contribution in [0.3, 0.4) is 0 Å². The van der Waals surface area contributed by atoms with Crippen molar-refractivity contribution in [2.45, 2.75) is 24.8 Å². The summed E-state index contributed by atoms with van der Waals surface area (Å²) in [5.41, 5.74) is 8.52. The number of hydrogen-bond acceptors (Lipinski definition) is 6. The van der Waals surface area contributed by atoms with Crippen LogP contribution in [0.5, 0.6) is 0 Å². The summed E-state index contributed by atoms with van der Waals surface area (Å²) in [6.45, 7) is 2.33. The minimum atomic E-state index is 0.202. The number of anilines is 1. The zero-order chi connectivity index (χ0) is 14.1. The first-order chi connectivity index (χ1) is 9.72. The van der Waals surface area contributed by atoms with Gasteiger partial charge in [-0.3, -0.25) is 4.57 Å². The van der Waals surface area contributed by atoms with E-state index in [9.17, 15) is 0 Å². The Labute approximate surface area is 121 Å². The predicted molar refractivity (Wildman–Crippen MR) is 80.2 cm³/mol. The van der Waals surface area contributed by atoms with Crippen LogP contribution in [-0.4, -0.2) is 37.0 Å². The highest BCUT2D eigenvalue weighted by atomic mass is 32.2. The predicted octanol–water partition coefficient (Wildman–Crippen LogP) is 1.76. The maximum atomic E-state index is 9.09. The van der Waals surface area contributed by atoms with Crippen molar-refractivity contribution in [2.24, 2.45) is 5.92 Å². The summed E-state index contributed by atoms with van der Waals surface area (Å²) >= 11 is 1.65. The molecule has 1 aliphatic rings. The van der Waals surface area contributed by atoms with Gasteiger partial charge in [-0.25, -0.2) is 9.97 Å². The molecule has 106 valence electrons. The molecule has 0 bridgehead atoms. The quantitative estimate of drug-likeness (QED) is 0.644. The number of aromatic nitrogens is 4. The molecule has 20 heavy (non-hydrogen) atoms. The van der Waals surface area contributed by atoms with Gasteiger partial charge in [0.1, 0.15) is 16.9 Å². The summed E-state index contributed by atoms with van der Waals surface area (Å²) in [5.74, 6) is 1.54. The number of nitrogen functional groups attached to an aromatic ring is 1. The molecule has 1 atom stereocenters. The number of hydrogen-bond donors (Lipinski definition) is 2. The normalized spacial score (nSPS) is 19.9. The fourth-order valence-electron chi connectivity index (χ4n) is 2.04. The summed E-state index contributed by atoms with van der Waals surface area (Å²) in [6, 6.07) is 0. The maximum Gasteiger partial charge on any atom is 0.223 e. The molecular formula is C13H17N5OS. The Bertz CT molecular complexity index is 666. The lowest BCUT2D eigenvalue weighted by molar-refractivity contribution is 0.281. The number of fused-ring (bicyclic) bond motifs is 1. The average Bonchev–Trinajstić information content (AvgIpc) is 3.08. The van der Waals surface area contributed by atoms with Gasteiger partial charge in [-0.1, -0.05) is 6.92 Å². The molecule has 0 saturated heterocycles. The van der Waals surface area contributed by atoms with Gasteiger partial charge in [0.15, 0.2) is 5.65 Å². The van der Waals surface area contributed by atoms with E-state index >= 15 is 0 Å². The van der Waals surface area contributed by atoms with Gasteiger partial charge in [0.25, 0.3) is 0 Å². The van der Waals surface area contributed by atoms with E-state index in [1.807, 2.05) is 10.8 Å². The molecule has 0 spiro atoms. The first kappa shape index (κ1) is 13.4. The Morgan fingerprint density at radius 3 is 3.10 bits per heavy atom. The molecule has 2 heterocycles. The molecule has 0 amide bonds. The van der Waals surface area contributed by atoms with Crippen LogP contribution in [-0.2, 0) is 0 Å². The van der Waals surface area contributed by atoms with Crippen molar-refractivity contribution in [3.05, 3.63) is 11.9 Å². The first-order valence-corrected chi connectivity index (χ1v) is 7.65. The second-order valence-corrected chi connectivity index (χ2v) is 5.93. The lowest BCUT2D eigenvalue weighted by Crippen LogP contribution is -1.99. The molecule has 0 radical (unpaired) electrons. The van der Waals surface area contributed by atoms with Crippen molar-refractivity contribution < 1.29 is 5.11 Å². The second-order valence-electron chi connectivity index (χ2n) is 4.85. The molecule has 1 saturated carbocycles. The largest absolute Gasteiger partial charge is 0.396 e. The van der Waals surface area contributed by atoms with Crippen molar-refractivity contribution in [3.63, 3.8) is 0 Å².